The van der Waals surface area contributed by atoms with E-state index >= 15 is 0 Å². The summed E-state index contributed by atoms with van der Waals surface area (Å²) >= 11 is 0. The second kappa shape index (κ2) is 7.72. The van der Waals surface area contributed by atoms with Gasteiger partial charge < -0.3 is 9.26 Å². The molecule has 1 aromatic heterocycles. The van der Waals surface area contributed by atoms with Crippen molar-refractivity contribution in [3.8, 4) is 5.75 Å². The van der Waals surface area contributed by atoms with E-state index in [0.29, 0.717) is 19.6 Å². The zero-order valence-corrected chi connectivity index (χ0v) is 16.2. The number of benzene rings is 1. The Morgan fingerprint density at radius 1 is 1.11 bits per heavy atom. The summed E-state index contributed by atoms with van der Waals surface area (Å²) in [5, 5.41) is 3.92. The lowest BCUT2D eigenvalue weighted by Crippen LogP contribution is -2.48. The summed E-state index contributed by atoms with van der Waals surface area (Å²) in [7, 11) is -3.79. The van der Waals surface area contributed by atoms with Gasteiger partial charge in [-0.15, -0.1) is 13.2 Å². The molecule has 0 spiro atoms. The standard InChI is InChI=1S/C17H20F3N3O4S/c1-12-16(13(2)27-21-12)11-22-7-9-23(10-8-22)28(24,25)15-5-3-14(4-6-15)26-17(18,19)20/h3-6H,7-11H2,1-2H3. The second-order valence-corrected chi connectivity index (χ2v) is 8.44. The van der Waals surface area contributed by atoms with Crippen molar-refractivity contribution in [3.05, 3.63) is 41.3 Å². The van der Waals surface area contributed by atoms with Crippen LogP contribution in [0.25, 0.3) is 0 Å². The fourth-order valence-electron chi connectivity index (χ4n) is 3.04. The molecule has 11 heteroatoms. The van der Waals surface area contributed by atoms with Crippen LogP contribution in [0.3, 0.4) is 0 Å². The number of piperazine rings is 1. The van der Waals surface area contributed by atoms with Crippen LogP contribution in [-0.4, -0.2) is 55.3 Å². The molecular formula is C17H20F3N3O4S. The number of hydrogen-bond donors (Lipinski definition) is 0. The first kappa shape index (κ1) is 20.6. The van der Waals surface area contributed by atoms with Crippen molar-refractivity contribution in [1.29, 1.82) is 0 Å². The van der Waals surface area contributed by atoms with Gasteiger partial charge in [-0.2, -0.15) is 4.31 Å². The summed E-state index contributed by atoms with van der Waals surface area (Å²) in [6, 6.07) is 4.22. The van der Waals surface area contributed by atoms with Gasteiger partial charge in [0.2, 0.25) is 10.0 Å². The highest BCUT2D eigenvalue weighted by Crippen LogP contribution is 2.26. The van der Waals surface area contributed by atoms with Gasteiger partial charge >= 0.3 is 6.36 Å². The van der Waals surface area contributed by atoms with Crippen LogP contribution in [0.4, 0.5) is 13.2 Å². The van der Waals surface area contributed by atoms with E-state index in [1.807, 2.05) is 13.8 Å². The molecule has 2 heterocycles. The topological polar surface area (TPSA) is 75.9 Å². The summed E-state index contributed by atoms with van der Waals surface area (Å²) in [6.45, 7) is 5.94. The Kier molecular flexibility index (Phi) is 5.69. The fraction of sp³-hybridized carbons (Fsp3) is 0.471. The Morgan fingerprint density at radius 3 is 2.21 bits per heavy atom. The van der Waals surface area contributed by atoms with E-state index in [-0.39, 0.29) is 18.0 Å². The van der Waals surface area contributed by atoms with Gasteiger partial charge in [0.25, 0.3) is 0 Å². The summed E-state index contributed by atoms with van der Waals surface area (Å²) in [6.07, 6.45) is -4.82. The molecule has 1 fully saturated rings. The van der Waals surface area contributed by atoms with E-state index in [2.05, 4.69) is 14.8 Å². The zero-order valence-electron chi connectivity index (χ0n) is 15.4. The smallest absolute Gasteiger partial charge is 0.406 e. The fourth-order valence-corrected chi connectivity index (χ4v) is 4.46. The van der Waals surface area contributed by atoms with Crippen molar-refractivity contribution in [3.63, 3.8) is 0 Å². The molecule has 0 amide bonds. The Balaban J connectivity index is 1.63. The molecule has 0 radical (unpaired) electrons. The Hall–Kier alpha value is -2.11. The molecule has 0 atom stereocenters. The average Bonchev–Trinajstić information content (AvgIpc) is 2.93. The molecule has 154 valence electrons. The maximum Gasteiger partial charge on any atom is 0.573 e. The molecule has 0 N–H and O–H groups in total. The number of hydrogen-bond acceptors (Lipinski definition) is 6. The Labute approximate surface area is 160 Å². The SMILES string of the molecule is Cc1noc(C)c1CN1CCN(S(=O)(=O)c2ccc(OC(F)(F)F)cc2)CC1. The molecular weight excluding hydrogens is 399 g/mol. The largest absolute Gasteiger partial charge is 0.573 e. The number of alkyl halides is 3. The predicted molar refractivity (Wildman–Crippen MR) is 93.1 cm³/mol. The first-order valence-electron chi connectivity index (χ1n) is 8.56. The van der Waals surface area contributed by atoms with Crippen LogP contribution >= 0.6 is 0 Å². The second-order valence-electron chi connectivity index (χ2n) is 6.50. The van der Waals surface area contributed by atoms with Crippen molar-refractivity contribution >= 4 is 10.0 Å². The molecule has 0 unspecified atom stereocenters. The zero-order chi connectivity index (χ0) is 20.5. The summed E-state index contributed by atoms with van der Waals surface area (Å²) < 4.78 is 72.4. The van der Waals surface area contributed by atoms with Crippen LogP contribution in [0.2, 0.25) is 0 Å². The van der Waals surface area contributed by atoms with Gasteiger partial charge in [0, 0.05) is 38.3 Å². The van der Waals surface area contributed by atoms with E-state index in [1.54, 1.807) is 0 Å². The Bertz CT molecular complexity index is 899. The van der Waals surface area contributed by atoms with Gasteiger partial charge in [-0.05, 0) is 38.1 Å². The first-order chi connectivity index (χ1) is 13.1. The van der Waals surface area contributed by atoms with E-state index in [0.717, 1.165) is 41.3 Å². The first-order valence-corrected chi connectivity index (χ1v) is 10.0. The highest BCUT2D eigenvalue weighted by atomic mass is 32.2. The lowest BCUT2D eigenvalue weighted by Gasteiger charge is -2.33. The van der Waals surface area contributed by atoms with E-state index in [9.17, 15) is 21.6 Å². The number of rotatable bonds is 5. The Morgan fingerprint density at radius 2 is 1.71 bits per heavy atom. The van der Waals surface area contributed by atoms with Crippen LogP contribution in [0.15, 0.2) is 33.7 Å². The molecule has 0 bridgehead atoms. The molecule has 7 nitrogen and oxygen atoms in total. The third-order valence-electron chi connectivity index (χ3n) is 4.59. The molecule has 0 aliphatic carbocycles. The van der Waals surface area contributed by atoms with E-state index in [1.165, 1.54) is 4.31 Å². The minimum atomic E-state index is -4.82. The van der Waals surface area contributed by atoms with Gasteiger partial charge in [0.1, 0.15) is 11.5 Å². The number of aromatic nitrogens is 1. The molecule has 1 aliphatic heterocycles. The monoisotopic (exact) mass is 419 g/mol. The van der Waals surface area contributed by atoms with Crippen LogP contribution in [0.5, 0.6) is 5.75 Å². The maximum atomic E-state index is 12.7. The van der Waals surface area contributed by atoms with Gasteiger partial charge in [-0.1, -0.05) is 5.16 Å². The highest BCUT2D eigenvalue weighted by molar-refractivity contribution is 7.89. The van der Waals surface area contributed by atoms with Crippen molar-refractivity contribution in [2.75, 3.05) is 26.2 Å². The number of halogens is 3. The van der Waals surface area contributed by atoms with E-state index in [4.69, 9.17) is 4.52 Å². The molecule has 0 saturated carbocycles. The van der Waals surface area contributed by atoms with Gasteiger partial charge in [0.05, 0.1) is 10.6 Å². The average molecular weight is 419 g/mol. The molecule has 2 aromatic rings. The minimum Gasteiger partial charge on any atom is -0.406 e. The molecule has 1 aliphatic rings. The van der Waals surface area contributed by atoms with Gasteiger partial charge in [0.15, 0.2) is 0 Å². The van der Waals surface area contributed by atoms with Crippen molar-refractivity contribution in [1.82, 2.24) is 14.4 Å². The summed E-state index contributed by atoms with van der Waals surface area (Å²) in [5.41, 5.74) is 1.81. The van der Waals surface area contributed by atoms with Gasteiger partial charge in [-0.25, -0.2) is 8.42 Å². The lowest BCUT2D eigenvalue weighted by atomic mass is 10.2. The molecule has 28 heavy (non-hydrogen) atoms. The van der Waals surface area contributed by atoms with Gasteiger partial charge in [-0.3, -0.25) is 4.90 Å². The van der Waals surface area contributed by atoms with Crippen molar-refractivity contribution in [2.45, 2.75) is 31.7 Å². The normalized spacial score (nSPS) is 17.0. The number of nitrogens with zero attached hydrogens (tertiary/aromatic N) is 3. The van der Waals surface area contributed by atoms with Crippen LogP contribution < -0.4 is 4.74 Å². The van der Waals surface area contributed by atoms with Crippen molar-refractivity contribution < 1.29 is 30.8 Å². The summed E-state index contributed by atoms with van der Waals surface area (Å²) in [5.74, 6) is 0.282. The van der Waals surface area contributed by atoms with Crippen LogP contribution in [0.1, 0.15) is 17.0 Å². The lowest BCUT2D eigenvalue weighted by molar-refractivity contribution is -0.274. The molecule has 3 rings (SSSR count). The molecule has 1 saturated heterocycles. The third-order valence-corrected chi connectivity index (χ3v) is 6.50. The quantitative estimate of drug-likeness (QED) is 0.742. The number of sulfonamides is 1. The highest BCUT2D eigenvalue weighted by Gasteiger charge is 2.32. The van der Waals surface area contributed by atoms with Crippen LogP contribution in [0, 0.1) is 13.8 Å². The number of aryl methyl sites for hydroxylation is 2. The summed E-state index contributed by atoms with van der Waals surface area (Å²) in [4.78, 5) is 2.04. The minimum absolute atomic E-state index is 0.0683. The number of ether oxygens (including phenoxy) is 1. The maximum absolute atomic E-state index is 12.7. The van der Waals surface area contributed by atoms with E-state index < -0.39 is 22.1 Å². The van der Waals surface area contributed by atoms with Crippen molar-refractivity contribution in [2.24, 2.45) is 0 Å². The third kappa shape index (κ3) is 4.65. The predicted octanol–water partition coefficient (Wildman–Crippen LogP) is 2.70. The molecule has 1 aromatic carbocycles. The van der Waals surface area contributed by atoms with Crippen LogP contribution in [-0.2, 0) is 16.6 Å².